The number of nitrogens with two attached hydrogens (primary N) is 1. The highest BCUT2D eigenvalue weighted by atomic mass is 35.5. The van der Waals surface area contributed by atoms with Gasteiger partial charge in [-0.15, -0.1) is 24.8 Å². The van der Waals surface area contributed by atoms with Crippen molar-refractivity contribution in [2.45, 2.75) is 18.4 Å². The molecule has 0 spiro atoms. The quantitative estimate of drug-likeness (QED) is 0.763. The summed E-state index contributed by atoms with van der Waals surface area (Å²) in [6.07, 6.45) is 5.85. The van der Waals surface area contributed by atoms with E-state index in [1.54, 1.807) is 6.20 Å². The van der Waals surface area contributed by atoms with Crippen LogP contribution >= 0.6 is 24.8 Å². The molecule has 0 amide bonds. The standard InChI is InChI=1S/C8H10N2.2ClH/c9-8(3-4-8)7-2-1-5-10-6-7;;/h1-2,5-6H,3-4,9H2;2*1H. The van der Waals surface area contributed by atoms with E-state index in [2.05, 4.69) is 4.98 Å². The third-order valence-electron chi connectivity index (χ3n) is 2.03. The fourth-order valence-electron chi connectivity index (χ4n) is 1.08. The molecule has 0 radical (unpaired) electrons. The predicted molar refractivity (Wildman–Crippen MR) is 53.8 cm³/mol. The Bertz CT molecular complexity index is 234. The van der Waals surface area contributed by atoms with Crippen LogP contribution in [0.3, 0.4) is 0 Å². The monoisotopic (exact) mass is 206 g/mol. The van der Waals surface area contributed by atoms with Crippen molar-refractivity contribution >= 4 is 24.8 Å². The van der Waals surface area contributed by atoms with Crippen molar-refractivity contribution in [2.75, 3.05) is 0 Å². The number of aromatic nitrogens is 1. The van der Waals surface area contributed by atoms with Gasteiger partial charge < -0.3 is 5.73 Å². The third-order valence-corrected chi connectivity index (χ3v) is 2.03. The Labute approximate surface area is 84.4 Å². The van der Waals surface area contributed by atoms with E-state index in [0.29, 0.717) is 0 Å². The molecule has 1 aliphatic carbocycles. The highest BCUT2D eigenvalue weighted by molar-refractivity contribution is 5.85. The largest absolute Gasteiger partial charge is 0.321 e. The Morgan fingerprint density at radius 3 is 2.42 bits per heavy atom. The Hall–Kier alpha value is -0.310. The average Bonchev–Trinajstić information content (AvgIpc) is 2.72. The summed E-state index contributed by atoms with van der Waals surface area (Å²) in [5, 5.41) is 0. The van der Waals surface area contributed by atoms with Crippen molar-refractivity contribution < 1.29 is 0 Å². The molecule has 0 aliphatic heterocycles. The number of pyridine rings is 1. The van der Waals surface area contributed by atoms with Gasteiger partial charge in [0, 0.05) is 17.9 Å². The molecule has 1 heterocycles. The minimum atomic E-state index is -0.0196. The predicted octanol–water partition coefficient (Wildman–Crippen LogP) is 1.87. The Kier molecular flexibility index (Phi) is 3.97. The number of rotatable bonds is 1. The molecule has 1 aliphatic rings. The first-order valence-corrected chi connectivity index (χ1v) is 3.51. The second-order valence-electron chi connectivity index (χ2n) is 2.90. The molecular formula is C8H12Cl2N2. The molecule has 68 valence electrons. The summed E-state index contributed by atoms with van der Waals surface area (Å²) in [4.78, 5) is 4.01. The van der Waals surface area contributed by atoms with Gasteiger partial charge in [-0.1, -0.05) is 6.07 Å². The van der Waals surface area contributed by atoms with Crippen LogP contribution in [0.15, 0.2) is 24.5 Å². The molecule has 1 saturated carbocycles. The van der Waals surface area contributed by atoms with Crippen molar-refractivity contribution in [1.29, 1.82) is 0 Å². The highest BCUT2D eigenvalue weighted by Gasteiger charge is 2.39. The zero-order valence-electron chi connectivity index (χ0n) is 6.56. The van der Waals surface area contributed by atoms with Crippen LogP contribution in [0.2, 0.25) is 0 Å². The molecular weight excluding hydrogens is 195 g/mol. The van der Waals surface area contributed by atoms with Gasteiger partial charge in [0.15, 0.2) is 0 Å². The van der Waals surface area contributed by atoms with Crippen molar-refractivity contribution in [2.24, 2.45) is 5.73 Å². The lowest BCUT2D eigenvalue weighted by molar-refractivity contribution is 0.735. The molecule has 2 N–H and O–H groups in total. The van der Waals surface area contributed by atoms with Crippen molar-refractivity contribution in [3.05, 3.63) is 30.1 Å². The van der Waals surface area contributed by atoms with E-state index in [9.17, 15) is 0 Å². The topological polar surface area (TPSA) is 38.9 Å². The molecule has 0 saturated heterocycles. The molecule has 2 rings (SSSR count). The Balaban J connectivity index is 0.000000605. The van der Waals surface area contributed by atoms with Crippen LogP contribution in [-0.2, 0) is 5.54 Å². The summed E-state index contributed by atoms with van der Waals surface area (Å²) in [5.41, 5.74) is 7.08. The number of halogens is 2. The fraction of sp³-hybridized carbons (Fsp3) is 0.375. The maximum Gasteiger partial charge on any atom is 0.0426 e. The maximum atomic E-state index is 5.93. The molecule has 2 nitrogen and oxygen atoms in total. The van der Waals surface area contributed by atoms with Gasteiger partial charge in [0.25, 0.3) is 0 Å². The Morgan fingerprint density at radius 1 is 1.33 bits per heavy atom. The summed E-state index contributed by atoms with van der Waals surface area (Å²) < 4.78 is 0. The van der Waals surface area contributed by atoms with Gasteiger partial charge in [-0.25, -0.2) is 0 Å². The van der Waals surface area contributed by atoms with Crippen molar-refractivity contribution in [1.82, 2.24) is 4.98 Å². The van der Waals surface area contributed by atoms with Gasteiger partial charge in [-0.2, -0.15) is 0 Å². The molecule has 4 heteroatoms. The van der Waals surface area contributed by atoms with E-state index in [-0.39, 0.29) is 30.4 Å². The smallest absolute Gasteiger partial charge is 0.0426 e. The molecule has 0 atom stereocenters. The molecule has 0 bridgehead atoms. The van der Waals surface area contributed by atoms with E-state index in [1.807, 2.05) is 18.3 Å². The van der Waals surface area contributed by atoms with Crippen LogP contribution in [0.4, 0.5) is 0 Å². The summed E-state index contributed by atoms with van der Waals surface area (Å²) >= 11 is 0. The minimum Gasteiger partial charge on any atom is -0.321 e. The SMILES string of the molecule is Cl.Cl.NC1(c2cccnc2)CC1. The zero-order valence-corrected chi connectivity index (χ0v) is 8.20. The highest BCUT2D eigenvalue weighted by Crippen LogP contribution is 2.41. The van der Waals surface area contributed by atoms with Gasteiger partial charge in [-0.05, 0) is 24.5 Å². The lowest BCUT2D eigenvalue weighted by Crippen LogP contribution is -2.18. The molecule has 0 unspecified atom stereocenters. The van der Waals surface area contributed by atoms with Crippen LogP contribution < -0.4 is 5.73 Å². The van der Waals surface area contributed by atoms with Crippen LogP contribution in [0.25, 0.3) is 0 Å². The molecule has 12 heavy (non-hydrogen) atoms. The summed E-state index contributed by atoms with van der Waals surface area (Å²) in [6, 6.07) is 3.97. The van der Waals surface area contributed by atoms with E-state index in [1.165, 1.54) is 5.56 Å². The van der Waals surface area contributed by atoms with Crippen LogP contribution in [-0.4, -0.2) is 4.98 Å². The normalized spacial score (nSPS) is 17.1. The maximum absolute atomic E-state index is 5.93. The van der Waals surface area contributed by atoms with Gasteiger partial charge in [0.2, 0.25) is 0 Å². The Morgan fingerprint density at radius 2 is 2.00 bits per heavy atom. The van der Waals surface area contributed by atoms with Gasteiger partial charge in [-0.3, -0.25) is 4.98 Å². The third kappa shape index (κ3) is 2.09. The fourth-order valence-corrected chi connectivity index (χ4v) is 1.08. The molecule has 0 aromatic carbocycles. The lowest BCUT2D eigenvalue weighted by atomic mass is 10.1. The van der Waals surface area contributed by atoms with Crippen LogP contribution in [0, 0.1) is 0 Å². The lowest BCUT2D eigenvalue weighted by Gasteiger charge is -2.05. The first kappa shape index (κ1) is 11.7. The second-order valence-corrected chi connectivity index (χ2v) is 2.90. The van der Waals surface area contributed by atoms with Gasteiger partial charge in [0.05, 0.1) is 0 Å². The minimum absolute atomic E-state index is 0. The van der Waals surface area contributed by atoms with E-state index in [0.717, 1.165) is 12.8 Å². The molecule has 1 aromatic heterocycles. The molecule has 1 aromatic rings. The zero-order chi connectivity index (χ0) is 7.03. The van der Waals surface area contributed by atoms with Crippen LogP contribution in [0.5, 0.6) is 0 Å². The van der Waals surface area contributed by atoms with Crippen LogP contribution in [0.1, 0.15) is 18.4 Å². The van der Waals surface area contributed by atoms with E-state index < -0.39 is 0 Å². The molecule has 1 fully saturated rings. The number of nitrogens with zero attached hydrogens (tertiary/aromatic N) is 1. The van der Waals surface area contributed by atoms with Gasteiger partial charge >= 0.3 is 0 Å². The average molecular weight is 207 g/mol. The van der Waals surface area contributed by atoms with Crippen molar-refractivity contribution in [3.8, 4) is 0 Å². The van der Waals surface area contributed by atoms with Crippen molar-refractivity contribution in [3.63, 3.8) is 0 Å². The first-order valence-electron chi connectivity index (χ1n) is 3.51. The summed E-state index contributed by atoms with van der Waals surface area (Å²) in [7, 11) is 0. The first-order chi connectivity index (χ1) is 4.81. The van der Waals surface area contributed by atoms with E-state index >= 15 is 0 Å². The number of hydrogen-bond donors (Lipinski definition) is 1. The number of hydrogen-bond acceptors (Lipinski definition) is 2. The van der Waals surface area contributed by atoms with Gasteiger partial charge in [0.1, 0.15) is 0 Å². The summed E-state index contributed by atoms with van der Waals surface area (Å²) in [6.45, 7) is 0. The van der Waals surface area contributed by atoms with E-state index in [4.69, 9.17) is 5.73 Å². The summed E-state index contributed by atoms with van der Waals surface area (Å²) in [5.74, 6) is 0. The second kappa shape index (κ2) is 4.08.